The Balaban J connectivity index is 1.49. The predicted octanol–water partition coefficient (Wildman–Crippen LogP) is 3.67. The fourth-order valence-corrected chi connectivity index (χ4v) is 6.16. The first kappa shape index (κ1) is 20.6. The number of nitrogens with one attached hydrogen (secondary N) is 1. The van der Waals surface area contributed by atoms with Crippen LogP contribution < -0.4 is 5.32 Å². The lowest BCUT2D eigenvalue weighted by molar-refractivity contribution is 0.102. The van der Waals surface area contributed by atoms with E-state index in [-0.39, 0.29) is 16.8 Å². The number of anilines is 1. The third-order valence-electron chi connectivity index (χ3n) is 5.11. The van der Waals surface area contributed by atoms with Gasteiger partial charge < -0.3 is 5.32 Å². The molecule has 1 fully saturated rings. The summed E-state index contributed by atoms with van der Waals surface area (Å²) in [6, 6.07) is 16.2. The molecule has 7 nitrogen and oxygen atoms in total. The number of nitrogens with zero attached hydrogens (tertiary/aromatic N) is 3. The van der Waals surface area contributed by atoms with E-state index in [4.69, 9.17) is 0 Å². The van der Waals surface area contributed by atoms with Gasteiger partial charge in [0.2, 0.25) is 15.0 Å². The fraction of sp³-hybridized carbons (Fsp3) is 0.286. The zero-order chi connectivity index (χ0) is 21.1. The van der Waals surface area contributed by atoms with Crippen LogP contribution in [0.15, 0.2) is 59.5 Å². The topological polar surface area (TPSA) is 92.3 Å². The summed E-state index contributed by atoms with van der Waals surface area (Å²) < 4.78 is 27.8. The number of carbonyl (C=O) groups excluding carboxylic acids is 1. The maximum absolute atomic E-state index is 13.1. The van der Waals surface area contributed by atoms with Crippen molar-refractivity contribution in [1.29, 1.82) is 0 Å². The van der Waals surface area contributed by atoms with Gasteiger partial charge in [-0.25, -0.2) is 8.42 Å². The molecule has 1 aliphatic rings. The molecule has 0 radical (unpaired) electrons. The van der Waals surface area contributed by atoms with E-state index in [1.807, 2.05) is 24.3 Å². The number of sulfonamides is 1. The Morgan fingerprint density at radius 2 is 1.83 bits per heavy atom. The molecule has 156 valence electrons. The Hall–Kier alpha value is -2.62. The van der Waals surface area contributed by atoms with Crippen LogP contribution in [0, 0.1) is 6.92 Å². The van der Waals surface area contributed by atoms with Gasteiger partial charge in [-0.3, -0.25) is 4.79 Å². The van der Waals surface area contributed by atoms with Crippen molar-refractivity contribution in [2.45, 2.75) is 30.6 Å². The summed E-state index contributed by atoms with van der Waals surface area (Å²) in [5.41, 5.74) is 1.42. The maximum atomic E-state index is 13.1. The molecule has 2 aromatic carbocycles. The van der Waals surface area contributed by atoms with E-state index < -0.39 is 10.0 Å². The normalized spacial score (nSPS) is 17.6. The first-order valence-electron chi connectivity index (χ1n) is 9.71. The summed E-state index contributed by atoms with van der Waals surface area (Å²) in [7, 11) is -3.57. The SMILES string of the molecule is Cc1ccccc1S(=O)(=O)N1CCCC(c2nnc(C(=O)Nc3ccccc3)s2)C1. The van der Waals surface area contributed by atoms with Crippen molar-refractivity contribution in [1.82, 2.24) is 14.5 Å². The Morgan fingerprint density at radius 1 is 1.10 bits per heavy atom. The number of aryl methyl sites for hydroxylation is 1. The molecule has 9 heteroatoms. The van der Waals surface area contributed by atoms with E-state index in [0.29, 0.717) is 28.7 Å². The van der Waals surface area contributed by atoms with Crippen molar-refractivity contribution < 1.29 is 13.2 Å². The van der Waals surface area contributed by atoms with E-state index in [1.54, 1.807) is 37.3 Å². The van der Waals surface area contributed by atoms with Gasteiger partial charge in [0.1, 0.15) is 5.01 Å². The van der Waals surface area contributed by atoms with Crippen LogP contribution in [0.5, 0.6) is 0 Å². The van der Waals surface area contributed by atoms with Crippen LogP contribution in [-0.2, 0) is 10.0 Å². The second kappa shape index (κ2) is 8.63. The van der Waals surface area contributed by atoms with E-state index >= 15 is 0 Å². The van der Waals surface area contributed by atoms with Crippen LogP contribution in [0.4, 0.5) is 5.69 Å². The number of benzene rings is 2. The van der Waals surface area contributed by atoms with Crippen molar-refractivity contribution in [2.24, 2.45) is 0 Å². The van der Waals surface area contributed by atoms with Gasteiger partial charge in [0.25, 0.3) is 5.91 Å². The summed E-state index contributed by atoms with van der Waals surface area (Å²) in [5, 5.41) is 12.0. The van der Waals surface area contributed by atoms with Gasteiger partial charge in [0.05, 0.1) is 4.90 Å². The highest BCUT2D eigenvalue weighted by molar-refractivity contribution is 7.89. The Bertz CT molecular complexity index is 1150. The minimum Gasteiger partial charge on any atom is -0.320 e. The summed E-state index contributed by atoms with van der Waals surface area (Å²) in [6.45, 7) is 2.62. The number of piperidine rings is 1. The van der Waals surface area contributed by atoms with Crippen molar-refractivity contribution in [2.75, 3.05) is 18.4 Å². The van der Waals surface area contributed by atoms with E-state index in [1.165, 1.54) is 15.6 Å². The third kappa shape index (κ3) is 4.28. The van der Waals surface area contributed by atoms with Crippen LogP contribution in [-0.4, -0.2) is 41.9 Å². The Labute approximate surface area is 179 Å². The van der Waals surface area contributed by atoms with Crippen LogP contribution in [0.2, 0.25) is 0 Å². The van der Waals surface area contributed by atoms with Crippen LogP contribution in [0.1, 0.15) is 39.1 Å². The average Bonchev–Trinajstić information content (AvgIpc) is 3.25. The minimum atomic E-state index is -3.57. The average molecular weight is 443 g/mol. The van der Waals surface area contributed by atoms with Gasteiger partial charge in [-0.2, -0.15) is 4.31 Å². The summed E-state index contributed by atoms with van der Waals surface area (Å²) in [4.78, 5) is 12.8. The zero-order valence-corrected chi connectivity index (χ0v) is 18.1. The maximum Gasteiger partial charge on any atom is 0.286 e. The quantitative estimate of drug-likeness (QED) is 0.651. The number of aromatic nitrogens is 2. The van der Waals surface area contributed by atoms with Gasteiger partial charge >= 0.3 is 0 Å². The van der Waals surface area contributed by atoms with Gasteiger partial charge in [-0.1, -0.05) is 47.7 Å². The molecule has 1 aliphatic heterocycles. The number of carbonyl (C=O) groups is 1. The van der Waals surface area contributed by atoms with Gasteiger partial charge in [-0.05, 0) is 43.5 Å². The zero-order valence-electron chi connectivity index (χ0n) is 16.5. The molecule has 4 rings (SSSR count). The predicted molar refractivity (Wildman–Crippen MR) is 116 cm³/mol. The highest BCUT2D eigenvalue weighted by Gasteiger charge is 2.33. The number of hydrogen-bond donors (Lipinski definition) is 1. The third-order valence-corrected chi connectivity index (χ3v) is 8.22. The molecule has 0 saturated carbocycles. The van der Waals surface area contributed by atoms with Gasteiger partial charge in [0.15, 0.2) is 0 Å². The number of para-hydroxylation sites is 1. The van der Waals surface area contributed by atoms with Gasteiger partial charge in [-0.15, -0.1) is 10.2 Å². The first-order chi connectivity index (χ1) is 14.4. The van der Waals surface area contributed by atoms with E-state index in [2.05, 4.69) is 15.5 Å². The van der Waals surface area contributed by atoms with Gasteiger partial charge in [0, 0.05) is 24.7 Å². The summed E-state index contributed by atoms with van der Waals surface area (Å²) in [5.74, 6) is -0.390. The molecule has 1 N–H and O–H groups in total. The second-order valence-electron chi connectivity index (χ2n) is 7.23. The lowest BCUT2D eigenvalue weighted by Gasteiger charge is -2.31. The number of hydrogen-bond acceptors (Lipinski definition) is 6. The van der Waals surface area contributed by atoms with E-state index in [0.717, 1.165) is 18.4 Å². The van der Waals surface area contributed by atoms with Crippen LogP contribution in [0.25, 0.3) is 0 Å². The molecule has 0 aliphatic carbocycles. The molecular formula is C21H22N4O3S2. The smallest absolute Gasteiger partial charge is 0.286 e. The lowest BCUT2D eigenvalue weighted by Crippen LogP contribution is -2.39. The molecule has 1 unspecified atom stereocenters. The highest BCUT2D eigenvalue weighted by Crippen LogP contribution is 2.32. The first-order valence-corrected chi connectivity index (χ1v) is 12.0. The molecule has 0 bridgehead atoms. The Morgan fingerprint density at radius 3 is 2.60 bits per heavy atom. The molecule has 2 heterocycles. The standard InChI is InChI=1S/C21H22N4O3S2/c1-15-8-5-6-12-18(15)30(27,28)25-13-7-9-16(14-25)20-23-24-21(29-20)19(26)22-17-10-3-2-4-11-17/h2-6,8,10-12,16H,7,9,13-14H2,1H3,(H,22,26). The molecular weight excluding hydrogens is 420 g/mol. The molecule has 1 saturated heterocycles. The fourth-order valence-electron chi connectivity index (χ4n) is 3.54. The molecule has 1 amide bonds. The Kier molecular flexibility index (Phi) is 5.94. The van der Waals surface area contributed by atoms with Crippen molar-refractivity contribution in [3.05, 3.63) is 70.2 Å². The molecule has 1 atom stereocenters. The van der Waals surface area contributed by atoms with Crippen LogP contribution in [0.3, 0.4) is 0 Å². The largest absolute Gasteiger partial charge is 0.320 e. The van der Waals surface area contributed by atoms with E-state index in [9.17, 15) is 13.2 Å². The second-order valence-corrected chi connectivity index (χ2v) is 10.1. The van der Waals surface area contributed by atoms with Crippen molar-refractivity contribution in [3.63, 3.8) is 0 Å². The minimum absolute atomic E-state index is 0.0756. The summed E-state index contributed by atoms with van der Waals surface area (Å²) in [6.07, 6.45) is 1.55. The number of amides is 1. The number of rotatable bonds is 5. The van der Waals surface area contributed by atoms with Crippen molar-refractivity contribution >= 4 is 33.0 Å². The molecule has 30 heavy (non-hydrogen) atoms. The van der Waals surface area contributed by atoms with Crippen molar-refractivity contribution in [3.8, 4) is 0 Å². The molecule has 1 aromatic heterocycles. The molecule has 0 spiro atoms. The summed E-state index contributed by atoms with van der Waals surface area (Å²) >= 11 is 1.22. The monoisotopic (exact) mass is 442 g/mol. The highest BCUT2D eigenvalue weighted by atomic mass is 32.2. The lowest BCUT2D eigenvalue weighted by atomic mass is 10.0. The molecule has 3 aromatic rings. The van der Waals surface area contributed by atoms with Crippen LogP contribution >= 0.6 is 11.3 Å².